The maximum atomic E-state index is 11.7. The number of nitrogens with two attached hydrogens (primary N) is 1. The van der Waals surface area contributed by atoms with Crippen molar-refractivity contribution in [1.29, 1.82) is 0 Å². The molecule has 0 bridgehead atoms. The highest BCUT2D eigenvalue weighted by Gasteiger charge is 2.13. The SMILES string of the molecule is CC(C)(C)c1ccc(C(=O)NCCCN)cc1.Cl. The smallest absolute Gasteiger partial charge is 0.251 e. The van der Waals surface area contributed by atoms with E-state index in [-0.39, 0.29) is 23.7 Å². The molecule has 0 radical (unpaired) electrons. The number of hydrogen-bond donors (Lipinski definition) is 2. The molecule has 0 aromatic heterocycles. The Bertz CT molecular complexity index is 368. The molecular formula is C14H23ClN2O. The van der Waals surface area contributed by atoms with Crippen molar-refractivity contribution >= 4 is 18.3 Å². The van der Waals surface area contributed by atoms with Crippen LogP contribution in [0.3, 0.4) is 0 Å². The Morgan fingerprint density at radius 2 is 1.78 bits per heavy atom. The van der Waals surface area contributed by atoms with Gasteiger partial charge in [0.2, 0.25) is 0 Å². The second kappa shape index (κ2) is 7.39. The maximum Gasteiger partial charge on any atom is 0.251 e. The van der Waals surface area contributed by atoms with Crippen molar-refractivity contribution in [3.8, 4) is 0 Å². The highest BCUT2D eigenvalue weighted by molar-refractivity contribution is 5.94. The lowest BCUT2D eigenvalue weighted by Crippen LogP contribution is -2.26. The van der Waals surface area contributed by atoms with E-state index in [9.17, 15) is 4.79 Å². The van der Waals surface area contributed by atoms with Gasteiger partial charge in [-0.05, 0) is 36.1 Å². The van der Waals surface area contributed by atoms with Gasteiger partial charge in [-0.2, -0.15) is 0 Å². The molecule has 0 aliphatic rings. The fourth-order valence-corrected chi connectivity index (χ4v) is 1.53. The zero-order chi connectivity index (χ0) is 12.9. The minimum Gasteiger partial charge on any atom is -0.352 e. The van der Waals surface area contributed by atoms with E-state index in [0.29, 0.717) is 18.7 Å². The summed E-state index contributed by atoms with van der Waals surface area (Å²) in [6, 6.07) is 7.77. The van der Waals surface area contributed by atoms with Gasteiger partial charge in [-0.15, -0.1) is 12.4 Å². The van der Waals surface area contributed by atoms with Gasteiger partial charge < -0.3 is 11.1 Å². The van der Waals surface area contributed by atoms with E-state index in [1.165, 1.54) is 5.56 Å². The van der Waals surface area contributed by atoms with Gasteiger partial charge in [0.1, 0.15) is 0 Å². The Morgan fingerprint density at radius 3 is 2.22 bits per heavy atom. The van der Waals surface area contributed by atoms with Crippen molar-refractivity contribution in [2.75, 3.05) is 13.1 Å². The third kappa shape index (κ3) is 5.07. The van der Waals surface area contributed by atoms with E-state index >= 15 is 0 Å². The summed E-state index contributed by atoms with van der Waals surface area (Å²) in [6.07, 6.45) is 0.811. The van der Waals surface area contributed by atoms with Gasteiger partial charge in [0.15, 0.2) is 0 Å². The topological polar surface area (TPSA) is 55.1 Å². The average Bonchev–Trinajstić information content (AvgIpc) is 2.28. The molecule has 0 saturated heterocycles. The molecule has 0 heterocycles. The van der Waals surface area contributed by atoms with E-state index in [1.807, 2.05) is 24.3 Å². The van der Waals surface area contributed by atoms with Crippen LogP contribution in [0, 0.1) is 0 Å². The largest absolute Gasteiger partial charge is 0.352 e. The zero-order valence-corrected chi connectivity index (χ0v) is 12.1. The van der Waals surface area contributed by atoms with Gasteiger partial charge in [-0.25, -0.2) is 0 Å². The predicted molar refractivity (Wildman–Crippen MR) is 78.4 cm³/mol. The van der Waals surface area contributed by atoms with Crippen LogP contribution in [-0.2, 0) is 5.41 Å². The summed E-state index contributed by atoms with van der Waals surface area (Å²) < 4.78 is 0. The Morgan fingerprint density at radius 1 is 1.22 bits per heavy atom. The van der Waals surface area contributed by atoms with E-state index in [4.69, 9.17) is 5.73 Å². The summed E-state index contributed by atoms with van der Waals surface area (Å²) in [6.45, 7) is 7.70. The monoisotopic (exact) mass is 270 g/mol. The number of hydrogen-bond acceptors (Lipinski definition) is 2. The van der Waals surface area contributed by atoms with E-state index < -0.39 is 0 Å². The highest BCUT2D eigenvalue weighted by atomic mass is 35.5. The maximum absolute atomic E-state index is 11.7. The summed E-state index contributed by atoms with van der Waals surface area (Å²) in [5.41, 5.74) is 7.43. The summed E-state index contributed by atoms with van der Waals surface area (Å²) in [5.74, 6) is -0.0288. The van der Waals surface area contributed by atoms with Gasteiger partial charge in [0.05, 0.1) is 0 Å². The summed E-state index contributed by atoms with van der Waals surface area (Å²) in [7, 11) is 0. The number of halogens is 1. The molecule has 0 atom stereocenters. The molecule has 102 valence electrons. The fourth-order valence-electron chi connectivity index (χ4n) is 1.53. The first-order valence-electron chi connectivity index (χ1n) is 6.04. The Hall–Kier alpha value is -1.06. The molecule has 1 aromatic rings. The highest BCUT2D eigenvalue weighted by Crippen LogP contribution is 2.22. The van der Waals surface area contributed by atoms with Gasteiger partial charge in [-0.3, -0.25) is 4.79 Å². The molecule has 1 amide bonds. The molecule has 18 heavy (non-hydrogen) atoms. The van der Waals surface area contributed by atoms with E-state index in [2.05, 4.69) is 26.1 Å². The number of carbonyl (C=O) groups is 1. The second-order valence-electron chi connectivity index (χ2n) is 5.23. The quantitative estimate of drug-likeness (QED) is 0.826. The summed E-state index contributed by atoms with van der Waals surface area (Å²) in [4.78, 5) is 11.7. The van der Waals surface area contributed by atoms with Gasteiger partial charge in [0.25, 0.3) is 5.91 Å². The van der Waals surface area contributed by atoms with Crippen LogP contribution in [-0.4, -0.2) is 19.0 Å². The lowest BCUT2D eigenvalue weighted by molar-refractivity contribution is 0.0953. The van der Waals surface area contributed by atoms with Gasteiger partial charge >= 0.3 is 0 Å². The molecular weight excluding hydrogens is 248 g/mol. The van der Waals surface area contributed by atoms with Crippen LogP contribution in [0.1, 0.15) is 43.1 Å². The third-order valence-electron chi connectivity index (χ3n) is 2.68. The fraction of sp³-hybridized carbons (Fsp3) is 0.500. The van der Waals surface area contributed by atoms with Crippen LogP contribution >= 0.6 is 12.4 Å². The van der Waals surface area contributed by atoms with Crippen molar-refractivity contribution < 1.29 is 4.79 Å². The van der Waals surface area contributed by atoms with Crippen molar-refractivity contribution in [1.82, 2.24) is 5.32 Å². The van der Waals surface area contributed by atoms with E-state index in [1.54, 1.807) is 0 Å². The molecule has 1 rings (SSSR count). The number of benzene rings is 1. The van der Waals surface area contributed by atoms with Crippen molar-refractivity contribution in [2.24, 2.45) is 5.73 Å². The van der Waals surface area contributed by atoms with Crippen LogP contribution < -0.4 is 11.1 Å². The van der Waals surface area contributed by atoms with Crippen LogP contribution in [0.15, 0.2) is 24.3 Å². The lowest BCUT2D eigenvalue weighted by atomic mass is 9.87. The molecule has 0 spiro atoms. The zero-order valence-electron chi connectivity index (χ0n) is 11.3. The summed E-state index contributed by atoms with van der Waals surface area (Å²) >= 11 is 0. The molecule has 0 aliphatic carbocycles. The van der Waals surface area contributed by atoms with Crippen molar-refractivity contribution in [3.63, 3.8) is 0 Å². The van der Waals surface area contributed by atoms with Crippen LogP contribution in [0.5, 0.6) is 0 Å². The first kappa shape index (κ1) is 16.9. The number of rotatable bonds is 4. The standard InChI is InChI=1S/C14H22N2O.ClH/c1-14(2,3)12-7-5-11(6-8-12)13(17)16-10-4-9-15;/h5-8H,4,9-10,15H2,1-3H3,(H,16,17);1H. The number of carbonyl (C=O) groups excluding carboxylic acids is 1. The van der Waals surface area contributed by atoms with Crippen molar-refractivity contribution in [2.45, 2.75) is 32.6 Å². The molecule has 0 fully saturated rings. The third-order valence-corrected chi connectivity index (χ3v) is 2.68. The first-order chi connectivity index (χ1) is 7.95. The van der Waals surface area contributed by atoms with Gasteiger partial charge in [0, 0.05) is 12.1 Å². The Kier molecular flexibility index (Phi) is 6.96. The van der Waals surface area contributed by atoms with Gasteiger partial charge in [-0.1, -0.05) is 32.9 Å². The molecule has 0 saturated carbocycles. The molecule has 0 unspecified atom stereocenters. The molecule has 3 N–H and O–H groups in total. The minimum atomic E-state index is -0.0288. The molecule has 1 aromatic carbocycles. The molecule has 4 heteroatoms. The van der Waals surface area contributed by atoms with Crippen LogP contribution in [0.25, 0.3) is 0 Å². The van der Waals surface area contributed by atoms with Crippen LogP contribution in [0.2, 0.25) is 0 Å². The lowest BCUT2D eigenvalue weighted by Gasteiger charge is -2.19. The van der Waals surface area contributed by atoms with Crippen molar-refractivity contribution in [3.05, 3.63) is 35.4 Å². The summed E-state index contributed by atoms with van der Waals surface area (Å²) in [5, 5.41) is 2.84. The molecule has 0 aliphatic heterocycles. The minimum absolute atomic E-state index is 0. The van der Waals surface area contributed by atoms with Crippen LogP contribution in [0.4, 0.5) is 0 Å². The number of nitrogens with one attached hydrogen (secondary N) is 1. The molecule has 3 nitrogen and oxygen atoms in total. The predicted octanol–water partition coefficient (Wildman–Crippen LogP) is 2.48. The number of amides is 1. The normalized spacial score (nSPS) is 10.7. The van der Waals surface area contributed by atoms with E-state index in [0.717, 1.165) is 6.42 Å². The first-order valence-corrected chi connectivity index (χ1v) is 6.04. The Balaban J connectivity index is 0.00000289. The Labute approximate surface area is 116 Å². The second-order valence-corrected chi connectivity index (χ2v) is 5.23. The average molecular weight is 271 g/mol.